The van der Waals surface area contributed by atoms with E-state index in [2.05, 4.69) is 10.6 Å². The molecule has 5 nitrogen and oxygen atoms in total. The van der Waals surface area contributed by atoms with Crippen LogP contribution in [-0.4, -0.2) is 21.8 Å². The maximum Gasteiger partial charge on any atom is 0.258 e. The van der Waals surface area contributed by atoms with Gasteiger partial charge >= 0.3 is 0 Å². The number of anilines is 1. The number of benzene rings is 3. The molecule has 6 heteroatoms. The summed E-state index contributed by atoms with van der Waals surface area (Å²) in [6, 6.07) is 24.2. The van der Waals surface area contributed by atoms with Crippen molar-refractivity contribution in [2.75, 3.05) is 5.32 Å². The third-order valence-corrected chi connectivity index (χ3v) is 5.27. The number of nitrogens with one attached hydrogen (secondary N) is 2. The lowest BCUT2D eigenvalue weighted by atomic mass is 10.0. The summed E-state index contributed by atoms with van der Waals surface area (Å²) in [5.74, 6) is -0.457. The molecule has 0 spiro atoms. The lowest BCUT2D eigenvalue weighted by Gasteiger charge is -2.13. The molecule has 0 aliphatic heterocycles. The first-order valence-corrected chi connectivity index (χ1v) is 10.5. The quantitative estimate of drug-likeness (QED) is 0.323. The average Bonchev–Trinajstić information content (AvgIpc) is 2.80. The molecule has 1 heterocycles. The highest BCUT2D eigenvalue weighted by molar-refractivity contribution is 7.80. The molecule has 158 valence electrons. The molecule has 0 saturated carbocycles. The smallest absolute Gasteiger partial charge is 0.258 e. The predicted octanol–water partition coefficient (Wildman–Crippen LogP) is 5.54. The normalized spacial score (nSPS) is 10.6. The van der Waals surface area contributed by atoms with E-state index in [0.717, 1.165) is 16.8 Å². The minimum atomic E-state index is -0.375. The summed E-state index contributed by atoms with van der Waals surface area (Å²) in [6.07, 6.45) is 0. The largest absolute Gasteiger partial charge is 0.332 e. The van der Waals surface area contributed by atoms with Gasteiger partial charge in [-0.05, 0) is 62.5 Å². The second-order valence-electron chi connectivity index (χ2n) is 7.48. The van der Waals surface area contributed by atoms with E-state index in [1.54, 1.807) is 24.3 Å². The van der Waals surface area contributed by atoms with Crippen molar-refractivity contribution < 1.29 is 9.59 Å². The van der Waals surface area contributed by atoms with Crippen molar-refractivity contribution in [2.24, 2.45) is 0 Å². The number of pyridine rings is 1. The fourth-order valence-corrected chi connectivity index (χ4v) is 3.57. The summed E-state index contributed by atoms with van der Waals surface area (Å²) in [5, 5.41) is 6.55. The second-order valence-corrected chi connectivity index (χ2v) is 7.89. The highest BCUT2D eigenvalue weighted by Gasteiger charge is 2.16. The molecule has 1 aromatic heterocycles. The molecule has 2 N–H and O–H groups in total. The zero-order chi connectivity index (χ0) is 22.7. The fourth-order valence-electron chi connectivity index (χ4n) is 3.36. The number of hydrogen-bond acceptors (Lipinski definition) is 4. The van der Waals surface area contributed by atoms with Crippen molar-refractivity contribution >= 4 is 45.6 Å². The number of hydrogen-bond donors (Lipinski definition) is 2. The number of nitrogens with zero attached hydrogens (tertiary/aromatic N) is 1. The van der Waals surface area contributed by atoms with Gasteiger partial charge in [0.25, 0.3) is 5.91 Å². The molecule has 32 heavy (non-hydrogen) atoms. The Balaban J connectivity index is 1.71. The summed E-state index contributed by atoms with van der Waals surface area (Å²) >= 11 is 5.35. The number of ketones is 1. The van der Waals surface area contributed by atoms with Crippen molar-refractivity contribution in [3.63, 3.8) is 0 Å². The van der Waals surface area contributed by atoms with Crippen LogP contribution in [0.3, 0.4) is 0 Å². The zero-order valence-electron chi connectivity index (χ0n) is 17.7. The molecule has 4 aromatic rings. The highest BCUT2D eigenvalue weighted by atomic mass is 32.1. The Labute approximate surface area is 191 Å². The molecule has 0 aliphatic rings. The van der Waals surface area contributed by atoms with Crippen LogP contribution < -0.4 is 10.6 Å². The molecule has 0 radical (unpaired) electrons. The molecule has 0 unspecified atom stereocenters. The van der Waals surface area contributed by atoms with Gasteiger partial charge in [0, 0.05) is 22.2 Å². The predicted molar refractivity (Wildman–Crippen MR) is 132 cm³/mol. The molecule has 3 aromatic carbocycles. The minimum Gasteiger partial charge on any atom is -0.332 e. The Bertz CT molecular complexity index is 1330. The van der Waals surface area contributed by atoms with Crippen LogP contribution in [0.4, 0.5) is 5.69 Å². The van der Waals surface area contributed by atoms with E-state index in [-0.39, 0.29) is 16.8 Å². The summed E-state index contributed by atoms with van der Waals surface area (Å²) < 4.78 is 0. The molecule has 0 saturated heterocycles. The molecular weight excluding hydrogens is 418 g/mol. The Morgan fingerprint density at radius 1 is 0.906 bits per heavy atom. The topological polar surface area (TPSA) is 71.1 Å². The number of rotatable bonds is 4. The van der Waals surface area contributed by atoms with Gasteiger partial charge in [-0.25, -0.2) is 4.98 Å². The fraction of sp³-hybridized carbons (Fsp3) is 0.0769. The molecule has 0 atom stereocenters. The van der Waals surface area contributed by atoms with Gasteiger partial charge in [-0.15, -0.1) is 0 Å². The second kappa shape index (κ2) is 9.08. The molecular formula is C26H21N3O2S. The first-order valence-electron chi connectivity index (χ1n) is 10.1. The first-order chi connectivity index (χ1) is 15.4. The van der Waals surface area contributed by atoms with Crippen molar-refractivity contribution in [1.29, 1.82) is 0 Å². The molecule has 0 aliphatic carbocycles. The Morgan fingerprint density at radius 3 is 2.31 bits per heavy atom. The number of Topliss-reactive ketones (excluding diaryl/α,β-unsaturated/α-hetero) is 1. The Hall–Kier alpha value is -3.90. The third-order valence-electron chi connectivity index (χ3n) is 5.07. The van der Waals surface area contributed by atoms with Crippen LogP contribution in [0, 0.1) is 6.92 Å². The van der Waals surface area contributed by atoms with E-state index < -0.39 is 0 Å². The number of thiocarbonyl (C=S) groups is 1. The number of amides is 1. The van der Waals surface area contributed by atoms with Crippen molar-refractivity contribution in [3.05, 3.63) is 95.6 Å². The summed E-state index contributed by atoms with van der Waals surface area (Å²) in [7, 11) is 0. The van der Waals surface area contributed by atoms with Crippen molar-refractivity contribution in [2.45, 2.75) is 13.8 Å². The van der Waals surface area contributed by atoms with E-state index in [1.165, 1.54) is 6.92 Å². The van der Waals surface area contributed by atoms with Gasteiger partial charge in [-0.2, -0.15) is 0 Å². The lowest BCUT2D eigenvalue weighted by molar-refractivity contribution is 0.0976. The van der Waals surface area contributed by atoms with Crippen molar-refractivity contribution in [1.82, 2.24) is 10.3 Å². The minimum absolute atomic E-state index is 0.0815. The van der Waals surface area contributed by atoms with E-state index in [4.69, 9.17) is 17.2 Å². The van der Waals surface area contributed by atoms with Crippen LogP contribution in [0.2, 0.25) is 0 Å². The molecule has 0 fully saturated rings. The van der Waals surface area contributed by atoms with Crippen LogP contribution in [0.1, 0.15) is 33.2 Å². The molecule has 0 bridgehead atoms. The van der Waals surface area contributed by atoms with Crippen LogP contribution in [0.15, 0.2) is 78.9 Å². The maximum absolute atomic E-state index is 13.2. The van der Waals surface area contributed by atoms with E-state index in [9.17, 15) is 9.59 Å². The number of carbonyl (C=O) groups is 2. The van der Waals surface area contributed by atoms with Gasteiger partial charge in [-0.3, -0.25) is 14.9 Å². The van der Waals surface area contributed by atoms with E-state index in [1.807, 2.05) is 61.5 Å². The van der Waals surface area contributed by atoms with Gasteiger partial charge in [0.05, 0.1) is 16.8 Å². The summed E-state index contributed by atoms with van der Waals surface area (Å²) in [6.45, 7) is 3.49. The van der Waals surface area contributed by atoms with Gasteiger partial charge < -0.3 is 5.32 Å². The standard InChI is InChI=1S/C26H21N3O2S/c1-16-8-11-20(12-9-16)27-26(32)29-25(31)22-15-24(18-6-4-3-5-7-18)28-23-13-10-19(17(2)30)14-21(22)23/h3-15H,1-2H3,(H2,27,29,31,32). The number of fused-ring (bicyclic) bond motifs is 1. The third kappa shape index (κ3) is 4.71. The van der Waals surface area contributed by atoms with Gasteiger partial charge in [-0.1, -0.05) is 48.0 Å². The van der Waals surface area contributed by atoms with Gasteiger partial charge in [0.2, 0.25) is 0 Å². The van der Waals surface area contributed by atoms with E-state index in [0.29, 0.717) is 27.7 Å². The number of aromatic nitrogens is 1. The van der Waals surface area contributed by atoms with Crippen LogP contribution in [0.5, 0.6) is 0 Å². The average molecular weight is 440 g/mol. The Morgan fingerprint density at radius 2 is 1.62 bits per heavy atom. The number of aryl methyl sites for hydroxylation is 1. The lowest BCUT2D eigenvalue weighted by Crippen LogP contribution is -2.34. The monoisotopic (exact) mass is 439 g/mol. The number of carbonyl (C=O) groups excluding carboxylic acids is 2. The van der Waals surface area contributed by atoms with Crippen LogP contribution in [-0.2, 0) is 0 Å². The SMILES string of the molecule is CC(=O)c1ccc2nc(-c3ccccc3)cc(C(=O)NC(=S)Nc3ccc(C)cc3)c2c1. The van der Waals surface area contributed by atoms with Crippen molar-refractivity contribution in [3.8, 4) is 11.3 Å². The molecule has 1 amide bonds. The summed E-state index contributed by atoms with van der Waals surface area (Å²) in [4.78, 5) is 29.8. The maximum atomic E-state index is 13.2. The van der Waals surface area contributed by atoms with Crippen LogP contribution in [0.25, 0.3) is 22.2 Å². The molecule has 4 rings (SSSR count). The van der Waals surface area contributed by atoms with Crippen LogP contribution >= 0.6 is 12.2 Å². The van der Waals surface area contributed by atoms with Gasteiger partial charge in [0.15, 0.2) is 10.9 Å². The van der Waals surface area contributed by atoms with E-state index >= 15 is 0 Å². The highest BCUT2D eigenvalue weighted by Crippen LogP contribution is 2.26. The van der Waals surface area contributed by atoms with Gasteiger partial charge in [0.1, 0.15) is 0 Å². The zero-order valence-corrected chi connectivity index (χ0v) is 18.5. The first kappa shape index (κ1) is 21.3. The Kier molecular flexibility index (Phi) is 6.05. The summed E-state index contributed by atoms with van der Waals surface area (Å²) in [5.41, 5.74) is 4.99.